The van der Waals surface area contributed by atoms with Crippen LogP contribution in [0.5, 0.6) is 0 Å². The molecule has 2 aliphatic heterocycles. The molecule has 0 spiro atoms. The summed E-state index contributed by atoms with van der Waals surface area (Å²) in [5.41, 5.74) is 6.81. The van der Waals surface area contributed by atoms with E-state index in [1.807, 2.05) is 68.4 Å². The molecule has 2 N–H and O–H groups in total. The number of halogens is 1. The monoisotopic (exact) mass is 532 g/mol. The van der Waals surface area contributed by atoms with Crippen LogP contribution < -0.4 is 20.5 Å². The van der Waals surface area contributed by atoms with Crippen LogP contribution in [0.4, 0.5) is 21.9 Å². The van der Waals surface area contributed by atoms with Gasteiger partial charge in [-0.15, -0.1) is 0 Å². The fourth-order valence-corrected chi connectivity index (χ4v) is 5.13. The predicted molar refractivity (Wildman–Crippen MR) is 152 cm³/mol. The van der Waals surface area contributed by atoms with Crippen LogP contribution >= 0.6 is 11.6 Å². The zero-order valence-corrected chi connectivity index (χ0v) is 22.4. The molecule has 2 heterocycles. The van der Waals surface area contributed by atoms with Crippen molar-refractivity contribution in [3.05, 3.63) is 89.4 Å². The number of carbonyl (C=O) groups excluding carboxylic acids is 2. The number of piperazine rings is 1. The maximum atomic E-state index is 13.5. The molecule has 0 bridgehead atoms. The van der Waals surface area contributed by atoms with E-state index in [0.29, 0.717) is 11.7 Å². The second kappa shape index (κ2) is 11.4. The molecule has 3 aromatic carbocycles. The number of benzene rings is 3. The van der Waals surface area contributed by atoms with Gasteiger partial charge in [0.1, 0.15) is 6.04 Å². The molecule has 38 heavy (non-hydrogen) atoms. The Bertz CT molecular complexity index is 1240. The van der Waals surface area contributed by atoms with Crippen LogP contribution in [0, 0.1) is 0 Å². The summed E-state index contributed by atoms with van der Waals surface area (Å²) in [6, 6.07) is 24.9. The largest absolute Gasteiger partial charge is 0.369 e. The quantitative estimate of drug-likeness (QED) is 0.450. The van der Waals surface area contributed by atoms with Gasteiger partial charge in [0.05, 0.1) is 6.67 Å². The molecule has 1 unspecified atom stereocenters. The van der Waals surface area contributed by atoms with Gasteiger partial charge in [0.2, 0.25) is 5.91 Å². The number of urea groups is 1. The van der Waals surface area contributed by atoms with Crippen molar-refractivity contribution in [1.29, 1.82) is 0 Å². The van der Waals surface area contributed by atoms with Crippen LogP contribution in [0.25, 0.3) is 0 Å². The zero-order chi connectivity index (χ0) is 26.6. The smallest absolute Gasteiger partial charge is 0.340 e. The standard InChI is InChI=1S/C29H33ClN6O2/c1-21(2)36-29(38)35(20-31-36)26-14-12-25(13-15-26)33-16-18-34(19-17-33)27(22-6-4-3-5-7-22)28(37)32-24-10-8-23(30)9-11-24/h3-15,21,27,31H,16-20H2,1-2H3,(H,32,37). The van der Waals surface area contributed by atoms with Crippen LogP contribution in [0.3, 0.4) is 0 Å². The highest BCUT2D eigenvalue weighted by molar-refractivity contribution is 6.30. The van der Waals surface area contributed by atoms with Crippen molar-refractivity contribution in [2.24, 2.45) is 0 Å². The maximum Gasteiger partial charge on any atom is 0.340 e. The van der Waals surface area contributed by atoms with E-state index in [9.17, 15) is 9.59 Å². The third-order valence-electron chi connectivity index (χ3n) is 7.03. The van der Waals surface area contributed by atoms with E-state index in [0.717, 1.165) is 48.8 Å². The Balaban J connectivity index is 1.25. The molecule has 198 valence electrons. The molecule has 0 saturated carbocycles. The van der Waals surface area contributed by atoms with Gasteiger partial charge in [-0.3, -0.25) is 19.6 Å². The molecule has 1 atom stereocenters. The molecule has 9 heteroatoms. The van der Waals surface area contributed by atoms with Crippen molar-refractivity contribution in [3.63, 3.8) is 0 Å². The van der Waals surface area contributed by atoms with Crippen LogP contribution in [-0.4, -0.2) is 60.7 Å². The maximum absolute atomic E-state index is 13.5. The highest BCUT2D eigenvalue weighted by Gasteiger charge is 2.32. The number of carbonyl (C=O) groups is 2. The van der Waals surface area contributed by atoms with Crippen LogP contribution in [-0.2, 0) is 4.79 Å². The fourth-order valence-electron chi connectivity index (χ4n) is 5.01. The molecule has 2 saturated heterocycles. The Morgan fingerprint density at radius 1 is 0.868 bits per heavy atom. The van der Waals surface area contributed by atoms with Gasteiger partial charge < -0.3 is 10.2 Å². The van der Waals surface area contributed by atoms with Gasteiger partial charge in [-0.05, 0) is 67.9 Å². The molecule has 0 radical (unpaired) electrons. The summed E-state index contributed by atoms with van der Waals surface area (Å²) in [6.45, 7) is 7.51. The molecule has 3 aromatic rings. The summed E-state index contributed by atoms with van der Waals surface area (Å²) in [5, 5.41) is 5.35. The predicted octanol–water partition coefficient (Wildman–Crippen LogP) is 4.95. The number of nitrogens with one attached hydrogen (secondary N) is 2. The first-order valence-corrected chi connectivity index (χ1v) is 13.3. The van der Waals surface area contributed by atoms with Crippen molar-refractivity contribution in [1.82, 2.24) is 15.3 Å². The summed E-state index contributed by atoms with van der Waals surface area (Å²) in [7, 11) is 0. The summed E-state index contributed by atoms with van der Waals surface area (Å²) < 4.78 is 0. The Morgan fingerprint density at radius 3 is 2.11 bits per heavy atom. The minimum atomic E-state index is -0.394. The van der Waals surface area contributed by atoms with Gasteiger partial charge in [0.25, 0.3) is 0 Å². The van der Waals surface area contributed by atoms with Crippen molar-refractivity contribution < 1.29 is 9.59 Å². The van der Waals surface area contributed by atoms with Gasteiger partial charge in [-0.1, -0.05) is 41.9 Å². The van der Waals surface area contributed by atoms with E-state index in [-0.39, 0.29) is 18.0 Å². The first kappa shape index (κ1) is 26.0. The highest BCUT2D eigenvalue weighted by atomic mass is 35.5. The van der Waals surface area contributed by atoms with E-state index in [4.69, 9.17) is 11.6 Å². The number of hydrogen-bond acceptors (Lipinski definition) is 5. The molecule has 0 aromatic heterocycles. The second-order valence-electron chi connectivity index (χ2n) is 9.84. The first-order valence-electron chi connectivity index (χ1n) is 13.0. The van der Waals surface area contributed by atoms with Gasteiger partial charge in [0, 0.05) is 54.3 Å². The number of anilines is 3. The normalized spacial score (nSPS) is 17.3. The molecular formula is C29H33ClN6O2. The van der Waals surface area contributed by atoms with E-state index in [1.165, 1.54) is 0 Å². The van der Waals surface area contributed by atoms with Crippen LogP contribution in [0.1, 0.15) is 25.5 Å². The topological polar surface area (TPSA) is 71.2 Å². The molecule has 3 amide bonds. The van der Waals surface area contributed by atoms with Crippen LogP contribution in [0.15, 0.2) is 78.9 Å². The lowest BCUT2D eigenvalue weighted by Crippen LogP contribution is -2.50. The van der Waals surface area contributed by atoms with E-state index < -0.39 is 6.04 Å². The Labute approximate surface area is 228 Å². The summed E-state index contributed by atoms with van der Waals surface area (Å²) in [6.07, 6.45) is 0. The van der Waals surface area contributed by atoms with Gasteiger partial charge in [0.15, 0.2) is 0 Å². The Hall–Kier alpha value is -3.59. The van der Waals surface area contributed by atoms with Gasteiger partial charge in [-0.2, -0.15) is 0 Å². The molecule has 2 aliphatic rings. The van der Waals surface area contributed by atoms with Crippen molar-refractivity contribution in [3.8, 4) is 0 Å². The molecule has 0 aliphatic carbocycles. The number of rotatable bonds is 7. The molecular weight excluding hydrogens is 500 g/mol. The average Bonchev–Trinajstić information content (AvgIpc) is 3.33. The minimum Gasteiger partial charge on any atom is -0.369 e. The average molecular weight is 533 g/mol. The number of hydrazine groups is 1. The number of hydrogen-bond donors (Lipinski definition) is 2. The Kier molecular flexibility index (Phi) is 7.83. The number of nitrogens with zero attached hydrogens (tertiary/aromatic N) is 4. The Morgan fingerprint density at radius 2 is 1.50 bits per heavy atom. The number of amides is 3. The minimum absolute atomic E-state index is 0.0369. The first-order chi connectivity index (χ1) is 18.4. The third kappa shape index (κ3) is 5.62. The van der Waals surface area contributed by atoms with E-state index in [2.05, 4.69) is 32.7 Å². The van der Waals surface area contributed by atoms with E-state index >= 15 is 0 Å². The zero-order valence-electron chi connectivity index (χ0n) is 21.7. The van der Waals surface area contributed by atoms with E-state index in [1.54, 1.807) is 22.0 Å². The summed E-state index contributed by atoms with van der Waals surface area (Å²) in [5.74, 6) is -0.0596. The van der Waals surface area contributed by atoms with Crippen molar-refractivity contribution >= 4 is 40.6 Å². The van der Waals surface area contributed by atoms with Crippen molar-refractivity contribution in [2.45, 2.75) is 25.9 Å². The van der Waals surface area contributed by atoms with Crippen LogP contribution in [0.2, 0.25) is 5.02 Å². The van der Waals surface area contributed by atoms with Gasteiger partial charge in [-0.25, -0.2) is 10.2 Å². The molecule has 5 rings (SSSR count). The SMILES string of the molecule is CC(C)N1NCN(c2ccc(N3CCN(C(C(=O)Nc4ccc(Cl)cc4)c4ccccc4)CC3)cc2)C1=O. The third-order valence-corrected chi connectivity index (χ3v) is 7.29. The summed E-state index contributed by atoms with van der Waals surface area (Å²) >= 11 is 6.01. The lowest BCUT2D eigenvalue weighted by Gasteiger charge is -2.39. The second-order valence-corrected chi connectivity index (χ2v) is 10.3. The van der Waals surface area contributed by atoms with Crippen molar-refractivity contribution in [2.75, 3.05) is 48.0 Å². The lowest BCUT2D eigenvalue weighted by molar-refractivity contribution is -0.121. The summed E-state index contributed by atoms with van der Waals surface area (Å²) in [4.78, 5) is 32.4. The fraction of sp³-hybridized carbons (Fsp3) is 0.310. The molecule has 2 fully saturated rings. The highest BCUT2D eigenvalue weighted by Crippen LogP contribution is 2.28. The van der Waals surface area contributed by atoms with Gasteiger partial charge >= 0.3 is 6.03 Å². The molecule has 8 nitrogen and oxygen atoms in total. The lowest BCUT2D eigenvalue weighted by atomic mass is 10.0.